The van der Waals surface area contributed by atoms with Gasteiger partial charge in [-0.3, -0.25) is 9.69 Å². The molecule has 0 bridgehead atoms. The minimum Gasteiger partial charge on any atom is -0.406 e. The van der Waals surface area contributed by atoms with Gasteiger partial charge in [-0.1, -0.05) is 0 Å². The van der Waals surface area contributed by atoms with Crippen molar-refractivity contribution >= 4 is 22.8 Å². The minimum absolute atomic E-state index is 0.0789. The van der Waals surface area contributed by atoms with Gasteiger partial charge in [0.1, 0.15) is 11.6 Å². The van der Waals surface area contributed by atoms with Crippen LogP contribution in [0, 0.1) is 0 Å². The number of alkyl halides is 5. The van der Waals surface area contributed by atoms with Gasteiger partial charge in [-0.15, -0.1) is 13.2 Å². The number of carbonyl (C=O) groups is 1. The van der Waals surface area contributed by atoms with E-state index in [1.54, 1.807) is 16.0 Å². The number of benzene rings is 1. The van der Waals surface area contributed by atoms with E-state index in [0.717, 1.165) is 41.9 Å². The molecular formula is C26H29F5N6O2. The summed E-state index contributed by atoms with van der Waals surface area (Å²) in [6.45, 7) is 1.90. The second-order valence-corrected chi connectivity index (χ2v) is 10.1. The average molecular weight is 553 g/mol. The van der Waals surface area contributed by atoms with Gasteiger partial charge in [-0.25, -0.2) is 18.7 Å². The largest absolute Gasteiger partial charge is 0.573 e. The van der Waals surface area contributed by atoms with Crippen molar-refractivity contribution in [2.45, 2.75) is 50.3 Å². The van der Waals surface area contributed by atoms with Gasteiger partial charge in [0, 0.05) is 37.0 Å². The lowest BCUT2D eigenvalue weighted by Gasteiger charge is -2.32. The molecule has 2 aromatic heterocycles. The van der Waals surface area contributed by atoms with E-state index in [1.807, 2.05) is 6.07 Å². The molecule has 0 unspecified atom stereocenters. The summed E-state index contributed by atoms with van der Waals surface area (Å²) >= 11 is 0. The zero-order valence-corrected chi connectivity index (χ0v) is 21.1. The van der Waals surface area contributed by atoms with Crippen molar-refractivity contribution in [3.05, 3.63) is 47.4 Å². The number of fused-ring (bicyclic) bond motifs is 1. The summed E-state index contributed by atoms with van der Waals surface area (Å²) in [7, 11) is 0. The topological polar surface area (TPSA) is 100 Å². The smallest absolute Gasteiger partial charge is 0.406 e. The van der Waals surface area contributed by atoms with E-state index in [4.69, 9.17) is 10.7 Å². The molecule has 210 valence electrons. The molecule has 2 aliphatic rings. The van der Waals surface area contributed by atoms with E-state index in [2.05, 4.69) is 14.7 Å². The fraction of sp³-hybridized carbons (Fsp3) is 0.500. The zero-order chi connectivity index (χ0) is 27.7. The van der Waals surface area contributed by atoms with Crippen LogP contribution in [-0.2, 0) is 0 Å². The van der Waals surface area contributed by atoms with Gasteiger partial charge >= 0.3 is 6.36 Å². The Morgan fingerprint density at radius 2 is 1.77 bits per heavy atom. The number of anilines is 1. The number of nitrogen functional groups attached to an aromatic ring is 1. The number of aromatic nitrogens is 3. The van der Waals surface area contributed by atoms with Crippen LogP contribution in [0.4, 0.5) is 27.6 Å². The molecule has 0 saturated carbocycles. The third-order valence-electron chi connectivity index (χ3n) is 7.52. The molecule has 0 aliphatic carbocycles. The molecule has 3 N–H and O–H groups in total. The molecule has 0 radical (unpaired) electrons. The van der Waals surface area contributed by atoms with Crippen LogP contribution < -0.4 is 10.5 Å². The number of rotatable bonds is 6. The number of imidazole rings is 1. The number of piperidine rings is 2. The summed E-state index contributed by atoms with van der Waals surface area (Å²) in [5.74, 6) is 0.308. The second-order valence-electron chi connectivity index (χ2n) is 10.1. The maximum absolute atomic E-state index is 13.0. The Morgan fingerprint density at radius 1 is 1.08 bits per heavy atom. The number of amides is 1. The number of hydrogen-bond acceptors (Lipinski definition) is 6. The second kappa shape index (κ2) is 10.9. The molecule has 2 saturated heterocycles. The van der Waals surface area contributed by atoms with E-state index in [-0.39, 0.29) is 35.5 Å². The Balaban J connectivity index is 1.23. The average Bonchev–Trinajstić information content (AvgIpc) is 3.32. The highest BCUT2D eigenvalue weighted by atomic mass is 19.4. The molecule has 0 spiro atoms. The molecule has 2 fully saturated rings. The van der Waals surface area contributed by atoms with Gasteiger partial charge in [0.25, 0.3) is 12.3 Å². The minimum atomic E-state index is -4.85. The Labute approximate surface area is 221 Å². The van der Waals surface area contributed by atoms with Crippen molar-refractivity contribution < 1.29 is 31.5 Å². The first-order chi connectivity index (χ1) is 18.6. The fourth-order valence-electron chi connectivity index (χ4n) is 5.56. The molecule has 0 atom stereocenters. The van der Waals surface area contributed by atoms with E-state index in [1.165, 1.54) is 6.07 Å². The van der Waals surface area contributed by atoms with Crippen LogP contribution in [0.5, 0.6) is 5.75 Å². The van der Waals surface area contributed by atoms with Crippen molar-refractivity contribution in [1.82, 2.24) is 24.8 Å². The van der Waals surface area contributed by atoms with Crippen LogP contribution >= 0.6 is 0 Å². The monoisotopic (exact) mass is 552 g/mol. The summed E-state index contributed by atoms with van der Waals surface area (Å²) < 4.78 is 66.7. The van der Waals surface area contributed by atoms with E-state index >= 15 is 0 Å². The number of H-pyrrole nitrogens is 1. The van der Waals surface area contributed by atoms with Crippen molar-refractivity contribution in [3.8, 4) is 5.75 Å². The number of aromatic amines is 1. The van der Waals surface area contributed by atoms with Gasteiger partial charge in [0.2, 0.25) is 0 Å². The highest BCUT2D eigenvalue weighted by Crippen LogP contribution is 2.35. The molecule has 39 heavy (non-hydrogen) atoms. The number of hydrogen-bond donors (Lipinski definition) is 2. The lowest BCUT2D eigenvalue weighted by atomic mass is 9.89. The molecule has 5 rings (SSSR count). The number of halogens is 5. The quantitative estimate of drug-likeness (QED) is 0.333. The summed E-state index contributed by atoms with van der Waals surface area (Å²) in [6, 6.07) is 5.28. The molecular weight excluding hydrogens is 523 g/mol. The number of nitrogens with zero attached hydrogens (tertiary/aromatic N) is 4. The van der Waals surface area contributed by atoms with Crippen molar-refractivity contribution in [3.63, 3.8) is 0 Å². The number of nitrogens with one attached hydrogen (secondary N) is 1. The molecule has 4 heterocycles. The SMILES string of the molecule is Nc1cc(OC(F)(F)F)ccc1C(=O)N1CCC(c2ccnc3nc(C4CCN(CC(F)F)CC4)[nH]c23)CC1. The van der Waals surface area contributed by atoms with Crippen molar-refractivity contribution in [2.24, 2.45) is 0 Å². The molecule has 2 aliphatic heterocycles. The van der Waals surface area contributed by atoms with Crippen LogP contribution in [-0.4, -0.2) is 76.2 Å². The molecule has 1 aromatic carbocycles. The van der Waals surface area contributed by atoms with Gasteiger partial charge in [-0.2, -0.15) is 0 Å². The molecule has 8 nitrogen and oxygen atoms in total. The predicted molar refractivity (Wildman–Crippen MR) is 134 cm³/mol. The predicted octanol–water partition coefficient (Wildman–Crippen LogP) is 4.90. The van der Waals surface area contributed by atoms with Gasteiger partial charge in [0.05, 0.1) is 17.6 Å². The first-order valence-corrected chi connectivity index (χ1v) is 12.9. The van der Waals surface area contributed by atoms with Crippen LogP contribution in [0.3, 0.4) is 0 Å². The zero-order valence-electron chi connectivity index (χ0n) is 21.1. The molecule has 13 heteroatoms. The first kappa shape index (κ1) is 27.1. The number of likely N-dealkylation sites (tertiary alicyclic amines) is 2. The third kappa shape index (κ3) is 6.23. The third-order valence-corrected chi connectivity index (χ3v) is 7.52. The summed E-state index contributed by atoms with van der Waals surface area (Å²) in [6.07, 6.45) is -2.61. The van der Waals surface area contributed by atoms with E-state index < -0.39 is 18.5 Å². The van der Waals surface area contributed by atoms with Crippen LogP contribution in [0.1, 0.15) is 59.3 Å². The molecule has 3 aromatic rings. The number of nitrogens with two attached hydrogens (primary N) is 1. The number of carbonyl (C=O) groups excluding carboxylic acids is 1. The fourth-order valence-corrected chi connectivity index (χ4v) is 5.56. The Hall–Kier alpha value is -3.48. The van der Waals surface area contributed by atoms with Crippen LogP contribution in [0.25, 0.3) is 11.2 Å². The first-order valence-electron chi connectivity index (χ1n) is 12.9. The maximum atomic E-state index is 13.0. The van der Waals surface area contributed by atoms with Gasteiger partial charge in [-0.05, 0) is 68.5 Å². The normalized spacial score (nSPS) is 18.3. The van der Waals surface area contributed by atoms with Crippen molar-refractivity contribution in [2.75, 3.05) is 38.5 Å². The number of ether oxygens (including phenoxy) is 1. The van der Waals surface area contributed by atoms with Crippen molar-refractivity contribution in [1.29, 1.82) is 0 Å². The van der Waals surface area contributed by atoms with Crippen LogP contribution in [0.15, 0.2) is 30.5 Å². The van der Waals surface area contributed by atoms with E-state index in [0.29, 0.717) is 44.7 Å². The highest BCUT2D eigenvalue weighted by Gasteiger charge is 2.32. The van der Waals surface area contributed by atoms with E-state index in [9.17, 15) is 26.7 Å². The summed E-state index contributed by atoms with van der Waals surface area (Å²) in [5.41, 5.74) is 8.46. The Morgan fingerprint density at radius 3 is 2.41 bits per heavy atom. The maximum Gasteiger partial charge on any atom is 0.573 e. The number of pyridine rings is 1. The summed E-state index contributed by atoms with van der Waals surface area (Å²) in [4.78, 5) is 29.0. The molecule has 1 amide bonds. The standard InChI is InChI=1S/C26H29F5N6O2/c27-21(28)14-36-9-4-16(5-10-36)23-34-22-18(3-8-33-24(22)35-23)15-6-11-37(12-7-15)25(38)19-2-1-17(13-20(19)32)39-26(29,30)31/h1-3,8,13,15-16,21H,4-7,9-12,14,32H2,(H,33,34,35). The van der Waals surface area contributed by atoms with Crippen LogP contribution in [0.2, 0.25) is 0 Å². The van der Waals surface area contributed by atoms with Gasteiger partial charge < -0.3 is 20.4 Å². The lowest BCUT2D eigenvalue weighted by molar-refractivity contribution is -0.274. The Kier molecular flexibility index (Phi) is 7.61. The highest BCUT2D eigenvalue weighted by molar-refractivity contribution is 5.99. The lowest BCUT2D eigenvalue weighted by Crippen LogP contribution is -2.38. The summed E-state index contributed by atoms with van der Waals surface area (Å²) in [5, 5.41) is 0. The van der Waals surface area contributed by atoms with Gasteiger partial charge in [0.15, 0.2) is 5.65 Å². The Bertz CT molecular complexity index is 1310.